The minimum absolute atomic E-state index is 0.0833. The van der Waals surface area contributed by atoms with E-state index in [9.17, 15) is 18.8 Å². The summed E-state index contributed by atoms with van der Waals surface area (Å²) in [6.07, 6.45) is 4.23. The lowest BCUT2D eigenvalue weighted by atomic mass is 9.89. The number of ether oxygens (including phenoxy) is 1. The number of halogens is 1. The largest absolute Gasteiger partial charge is 0.356 e. The Balaban J connectivity index is 1.36. The van der Waals surface area contributed by atoms with Crippen LogP contribution in [0.25, 0.3) is 10.9 Å². The summed E-state index contributed by atoms with van der Waals surface area (Å²) in [7, 11) is 3.09. The molecular weight excluding hydrogens is 533 g/mol. The van der Waals surface area contributed by atoms with Gasteiger partial charge in [0.2, 0.25) is 0 Å². The van der Waals surface area contributed by atoms with Crippen molar-refractivity contribution in [3.63, 3.8) is 0 Å². The average Bonchev–Trinajstić information content (AvgIpc) is 3.34. The number of piperidine rings is 1. The first-order valence-corrected chi connectivity index (χ1v) is 14.3. The molecule has 1 aliphatic rings. The van der Waals surface area contributed by atoms with Gasteiger partial charge in [-0.3, -0.25) is 14.4 Å². The number of aromatic nitrogens is 1. The Bertz CT molecular complexity index is 1590. The number of benzene rings is 3. The van der Waals surface area contributed by atoms with E-state index in [0.29, 0.717) is 36.6 Å². The van der Waals surface area contributed by atoms with E-state index < -0.39 is 11.7 Å². The van der Waals surface area contributed by atoms with E-state index in [0.717, 1.165) is 41.5 Å². The monoisotopic (exact) mass is 569 g/mol. The third-order valence-electron chi connectivity index (χ3n) is 7.98. The van der Waals surface area contributed by atoms with E-state index in [1.165, 1.54) is 17.0 Å². The van der Waals surface area contributed by atoms with Crippen molar-refractivity contribution in [2.45, 2.75) is 39.5 Å². The number of fused-ring (bicyclic) bond motifs is 1. The molecule has 0 atom stereocenters. The smallest absolute Gasteiger partial charge is 0.294 e. The second-order valence-electron chi connectivity index (χ2n) is 11.3. The van der Waals surface area contributed by atoms with Crippen molar-refractivity contribution in [2.24, 2.45) is 5.92 Å². The number of aryl methyl sites for hydroxylation is 1. The highest BCUT2D eigenvalue weighted by Crippen LogP contribution is 2.29. The lowest BCUT2D eigenvalue weighted by molar-refractivity contribution is -0.124. The maximum atomic E-state index is 13.7. The highest BCUT2D eigenvalue weighted by molar-refractivity contribution is 6.44. The molecule has 0 spiro atoms. The molecule has 4 aromatic rings. The predicted molar refractivity (Wildman–Crippen MR) is 160 cm³/mol. The van der Waals surface area contributed by atoms with Crippen LogP contribution in [-0.2, 0) is 29.3 Å². The molecule has 1 saturated heterocycles. The highest BCUT2D eigenvalue weighted by Gasteiger charge is 2.28. The van der Waals surface area contributed by atoms with Crippen molar-refractivity contribution in [2.75, 3.05) is 27.2 Å². The van der Waals surface area contributed by atoms with Crippen molar-refractivity contribution in [3.05, 3.63) is 107 Å². The second kappa shape index (κ2) is 12.7. The summed E-state index contributed by atoms with van der Waals surface area (Å²) in [5.74, 6) is -1.15. The molecule has 0 N–H and O–H groups in total. The van der Waals surface area contributed by atoms with E-state index >= 15 is 0 Å². The van der Waals surface area contributed by atoms with Gasteiger partial charge in [0.15, 0.2) is 0 Å². The van der Waals surface area contributed by atoms with E-state index in [1.54, 1.807) is 26.4 Å². The van der Waals surface area contributed by atoms with Crippen LogP contribution in [0.1, 0.15) is 50.2 Å². The third-order valence-corrected chi connectivity index (χ3v) is 7.98. The minimum atomic E-state index is -0.629. The van der Waals surface area contributed by atoms with Crippen molar-refractivity contribution in [1.29, 1.82) is 0 Å². The Morgan fingerprint density at radius 3 is 2.29 bits per heavy atom. The quantitative estimate of drug-likeness (QED) is 0.194. The first kappa shape index (κ1) is 29.2. The maximum Gasteiger partial charge on any atom is 0.294 e. The van der Waals surface area contributed by atoms with Gasteiger partial charge in [-0.05, 0) is 73.1 Å². The lowest BCUT2D eigenvalue weighted by Crippen LogP contribution is -2.39. The molecule has 0 bridgehead atoms. The van der Waals surface area contributed by atoms with Crippen LogP contribution in [0.4, 0.5) is 4.39 Å². The first-order valence-electron chi connectivity index (χ1n) is 14.3. The average molecular weight is 570 g/mol. The summed E-state index contributed by atoms with van der Waals surface area (Å²) in [6, 6.07) is 20.1. The predicted octanol–water partition coefficient (Wildman–Crippen LogP) is 5.63. The molecule has 1 aliphatic heterocycles. The fourth-order valence-corrected chi connectivity index (χ4v) is 5.58. The number of rotatable bonds is 9. The molecule has 1 fully saturated rings. The standard InChI is InChI=1S/C34H36FN3O4/c1-23-17-31-29(19-28(23)33(40)37-15-13-25(14-16-37)18-24-9-11-27(35)12-10-24)30(32(39)34(41)36(2)3)20-38(31)22-42-21-26-7-5-4-6-8-26/h4-12,17,19-20,25H,13-16,18,21-22H2,1-3H3. The van der Waals surface area contributed by atoms with Crippen molar-refractivity contribution >= 4 is 28.5 Å². The third kappa shape index (κ3) is 6.44. The number of nitrogens with zero attached hydrogens (tertiary/aromatic N) is 3. The normalized spacial score (nSPS) is 13.9. The topological polar surface area (TPSA) is 71.9 Å². The zero-order chi connectivity index (χ0) is 29.8. The van der Waals surface area contributed by atoms with Crippen LogP contribution >= 0.6 is 0 Å². The van der Waals surface area contributed by atoms with Crippen LogP contribution in [-0.4, -0.2) is 59.1 Å². The van der Waals surface area contributed by atoms with Gasteiger partial charge in [-0.25, -0.2) is 4.39 Å². The molecule has 218 valence electrons. The summed E-state index contributed by atoms with van der Waals surface area (Å²) in [4.78, 5) is 42.7. The van der Waals surface area contributed by atoms with Crippen LogP contribution in [0.2, 0.25) is 0 Å². The van der Waals surface area contributed by atoms with Gasteiger partial charge in [-0.15, -0.1) is 0 Å². The van der Waals surface area contributed by atoms with Gasteiger partial charge >= 0.3 is 0 Å². The Labute approximate surface area is 245 Å². The van der Waals surface area contributed by atoms with Crippen LogP contribution in [0, 0.1) is 18.7 Å². The van der Waals surface area contributed by atoms with Crippen LogP contribution in [0.15, 0.2) is 72.9 Å². The number of hydrogen-bond donors (Lipinski definition) is 0. The van der Waals surface area contributed by atoms with Gasteiger partial charge in [-0.1, -0.05) is 42.5 Å². The zero-order valence-corrected chi connectivity index (χ0v) is 24.3. The molecule has 0 saturated carbocycles. The number of amides is 2. The highest BCUT2D eigenvalue weighted by atomic mass is 19.1. The number of hydrogen-bond acceptors (Lipinski definition) is 4. The van der Waals surface area contributed by atoms with E-state index in [2.05, 4.69) is 0 Å². The van der Waals surface area contributed by atoms with Crippen molar-refractivity contribution in [3.8, 4) is 0 Å². The molecule has 42 heavy (non-hydrogen) atoms. The van der Waals surface area contributed by atoms with Crippen LogP contribution in [0.5, 0.6) is 0 Å². The molecule has 3 aromatic carbocycles. The van der Waals surface area contributed by atoms with E-state index in [-0.39, 0.29) is 24.0 Å². The fraction of sp³-hybridized carbons (Fsp3) is 0.324. The molecule has 0 aliphatic carbocycles. The molecule has 2 heterocycles. The molecule has 5 rings (SSSR count). The Kier molecular flexibility index (Phi) is 8.83. The van der Waals surface area contributed by atoms with Crippen molar-refractivity contribution in [1.82, 2.24) is 14.4 Å². The number of likely N-dealkylation sites (N-methyl/N-ethyl adjacent to an activating group) is 1. The van der Waals surface area contributed by atoms with Gasteiger partial charge in [0.1, 0.15) is 12.5 Å². The summed E-state index contributed by atoms with van der Waals surface area (Å²) < 4.78 is 21.0. The molecule has 8 heteroatoms. The summed E-state index contributed by atoms with van der Waals surface area (Å²) >= 11 is 0. The summed E-state index contributed by atoms with van der Waals surface area (Å²) in [5.41, 5.74) is 4.42. The lowest BCUT2D eigenvalue weighted by Gasteiger charge is -2.32. The molecule has 0 radical (unpaired) electrons. The molecule has 1 aromatic heterocycles. The summed E-state index contributed by atoms with van der Waals surface area (Å²) in [5, 5.41) is 0.554. The SMILES string of the molecule is Cc1cc2c(cc1C(=O)N1CCC(Cc3ccc(F)cc3)CC1)c(C(=O)C(=O)N(C)C)cn2COCc1ccccc1. The Morgan fingerprint density at radius 2 is 1.62 bits per heavy atom. The number of ketones is 1. The van der Waals surface area contributed by atoms with Gasteiger partial charge in [-0.2, -0.15) is 0 Å². The number of carbonyl (C=O) groups is 3. The molecule has 0 unspecified atom stereocenters. The maximum absolute atomic E-state index is 13.7. The van der Waals surface area contributed by atoms with Crippen LogP contribution < -0.4 is 0 Å². The van der Waals surface area contributed by atoms with Crippen LogP contribution in [0.3, 0.4) is 0 Å². The molecule has 2 amide bonds. The first-order chi connectivity index (χ1) is 20.2. The Hall–Kier alpha value is -4.30. The van der Waals surface area contributed by atoms with Gasteiger partial charge in [0.25, 0.3) is 17.6 Å². The number of Topliss-reactive ketones (excluding diaryl/α,β-unsaturated/α-hetero) is 1. The van der Waals surface area contributed by atoms with Gasteiger partial charge in [0, 0.05) is 44.3 Å². The van der Waals surface area contributed by atoms with Gasteiger partial charge in [0.05, 0.1) is 17.7 Å². The summed E-state index contributed by atoms with van der Waals surface area (Å²) in [6.45, 7) is 3.72. The van der Waals surface area contributed by atoms with E-state index in [1.807, 2.05) is 64.9 Å². The molecule has 7 nitrogen and oxygen atoms in total. The van der Waals surface area contributed by atoms with E-state index in [4.69, 9.17) is 4.74 Å². The Morgan fingerprint density at radius 1 is 0.929 bits per heavy atom. The molecular formula is C34H36FN3O4. The zero-order valence-electron chi connectivity index (χ0n) is 24.3. The second-order valence-corrected chi connectivity index (χ2v) is 11.3. The minimum Gasteiger partial charge on any atom is -0.356 e. The number of likely N-dealkylation sites (tertiary alicyclic amines) is 1. The fourth-order valence-electron chi connectivity index (χ4n) is 5.58. The van der Waals surface area contributed by atoms with Crippen molar-refractivity contribution < 1.29 is 23.5 Å². The number of carbonyl (C=O) groups excluding carboxylic acids is 3. The van der Waals surface area contributed by atoms with Gasteiger partial charge < -0.3 is 19.1 Å².